The Balaban J connectivity index is 1.44. The van der Waals surface area contributed by atoms with Gasteiger partial charge in [0.2, 0.25) is 0 Å². The third-order valence-electron chi connectivity index (χ3n) is 4.28. The predicted octanol–water partition coefficient (Wildman–Crippen LogP) is 2.92. The summed E-state index contributed by atoms with van der Waals surface area (Å²) in [4.78, 5) is 7.85. The molecule has 1 unspecified atom stereocenters. The summed E-state index contributed by atoms with van der Waals surface area (Å²) >= 11 is 0. The van der Waals surface area contributed by atoms with Crippen LogP contribution in [0, 0.1) is 13.8 Å². The zero-order valence-electron chi connectivity index (χ0n) is 13.1. The van der Waals surface area contributed by atoms with Crippen molar-refractivity contribution in [2.45, 2.75) is 45.8 Å². The fourth-order valence-electron chi connectivity index (χ4n) is 2.98. The number of hydrogen-bond donors (Lipinski definition) is 0. The molecule has 2 aliphatic rings. The minimum absolute atomic E-state index is 0.237. The lowest BCUT2D eigenvalue weighted by molar-refractivity contribution is -0.0218. The van der Waals surface area contributed by atoms with Gasteiger partial charge in [-0.15, -0.1) is 0 Å². The van der Waals surface area contributed by atoms with Gasteiger partial charge in [-0.05, 0) is 31.4 Å². The van der Waals surface area contributed by atoms with E-state index in [1.807, 2.05) is 0 Å². The van der Waals surface area contributed by atoms with Gasteiger partial charge in [-0.3, -0.25) is 4.90 Å². The summed E-state index contributed by atoms with van der Waals surface area (Å²) in [5.74, 6) is 1.05. The summed E-state index contributed by atoms with van der Waals surface area (Å²) in [6.45, 7) is 9.26. The van der Waals surface area contributed by atoms with Gasteiger partial charge in [0.1, 0.15) is 18.0 Å². The first kappa shape index (κ1) is 14.4. The van der Waals surface area contributed by atoms with Gasteiger partial charge < -0.3 is 9.57 Å². The number of rotatable bonds is 5. The molecule has 0 radical (unpaired) electrons. The Morgan fingerprint density at radius 2 is 2.00 bits per heavy atom. The lowest BCUT2D eigenvalue weighted by atomic mass is 10.1. The van der Waals surface area contributed by atoms with Gasteiger partial charge in [0.25, 0.3) is 0 Å². The number of nitrogens with zero attached hydrogens (tertiary/aromatic N) is 2. The monoisotopic (exact) mass is 288 g/mol. The third-order valence-corrected chi connectivity index (χ3v) is 4.28. The topological polar surface area (TPSA) is 34.1 Å². The Morgan fingerprint density at radius 1 is 1.29 bits per heavy atom. The second kappa shape index (κ2) is 6.06. The van der Waals surface area contributed by atoms with Gasteiger partial charge in [-0.25, -0.2) is 0 Å². The van der Waals surface area contributed by atoms with Crippen LogP contribution in [-0.2, 0) is 4.84 Å². The zero-order chi connectivity index (χ0) is 14.8. The molecular formula is C17H24N2O2. The van der Waals surface area contributed by atoms with E-state index in [-0.39, 0.29) is 6.10 Å². The van der Waals surface area contributed by atoms with Crippen LogP contribution in [0.15, 0.2) is 23.4 Å². The van der Waals surface area contributed by atoms with E-state index < -0.39 is 0 Å². The van der Waals surface area contributed by atoms with Crippen LogP contribution in [0.5, 0.6) is 5.75 Å². The molecule has 1 aromatic carbocycles. The Kier molecular flexibility index (Phi) is 4.15. The highest BCUT2D eigenvalue weighted by atomic mass is 16.6. The standard InChI is InChI=1S/C17H24N2O2/c1-4-14-8-15(21-18-14)9-19-10-16(11-19)20-17-12(2)6-5-7-13(17)3/h5-7,15-16H,4,8-11H2,1-3H3. The first-order valence-corrected chi connectivity index (χ1v) is 7.82. The average Bonchev–Trinajstić information content (AvgIpc) is 2.87. The van der Waals surface area contributed by atoms with E-state index in [9.17, 15) is 0 Å². The molecule has 0 aromatic heterocycles. The van der Waals surface area contributed by atoms with Crippen LogP contribution in [0.3, 0.4) is 0 Å². The van der Waals surface area contributed by atoms with Crippen molar-refractivity contribution in [2.75, 3.05) is 19.6 Å². The largest absolute Gasteiger partial charge is 0.487 e. The summed E-state index contributed by atoms with van der Waals surface area (Å²) < 4.78 is 6.14. The molecule has 0 bridgehead atoms. The molecule has 2 heterocycles. The number of benzene rings is 1. The summed E-state index contributed by atoms with van der Waals surface area (Å²) in [6, 6.07) is 6.29. The highest BCUT2D eigenvalue weighted by Gasteiger charge is 2.32. The molecule has 114 valence electrons. The van der Waals surface area contributed by atoms with Crippen LogP contribution in [0.25, 0.3) is 0 Å². The maximum absolute atomic E-state index is 6.14. The number of aryl methyl sites for hydroxylation is 2. The van der Waals surface area contributed by atoms with E-state index in [1.54, 1.807) is 0 Å². The number of likely N-dealkylation sites (tertiary alicyclic amines) is 1. The van der Waals surface area contributed by atoms with Gasteiger partial charge in [0.05, 0.1) is 5.71 Å². The van der Waals surface area contributed by atoms with Crippen molar-refractivity contribution in [2.24, 2.45) is 5.16 Å². The van der Waals surface area contributed by atoms with E-state index in [2.05, 4.69) is 49.0 Å². The van der Waals surface area contributed by atoms with Crippen molar-refractivity contribution in [1.82, 2.24) is 4.90 Å². The molecule has 4 nitrogen and oxygen atoms in total. The second-order valence-corrected chi connectivity index (χ2v) is 6.12. The molecule has 1 saturated heterocycles. The number of ether oxygens (including phenoxy) is 1. The minimum Gasteiger partial charge on any atom is -0.487 e. The van der Waals surface area contributed by atoms with E-state index in [4.69, 9.17) is 9.57 Å². The van der Waals surface area contributed by atoms with Crippen molar-refractivity contribution in [3.8, 4) is 5.75 Å². The van der Waals surface area contributed by atoms with E-state index in [0.29, 0.717) is 6.10 Å². The van der Waals surface area contributed by atoms with Gasteiger partial charge >= 0.3 is 0 Å². The average molecular weight is 288 g/mol. The fourth-order valence-corrected chi connectivity index (χ4v) is 2.98. The van der Waals surface area contributed by atoms with Crippen LogP contribution in [0.4, 0.5) is 0 Å². The summed E-state index contributed by atoms with van der Waals surface area (Å²) in [5.41, 5.74) is 3.62. The maximum Gasteiger partial charge on any atom is 0.145 e. The first-order chi connectivity index (χ1) is 10.2. The van der Waals surface area contributed by atoms with Crippen LogP contribution in [0.1, 0.15) is 30.9 Å². The first-order valence-electron chi connectivity index (χ1n) is 7.82. The Morgan fingerprint density at radius 3 is 2.62 bits per heavy atom. The number of hydrogen-bond acceptors (Lipinski definition) is 4. The van der Waals surface area contributed by atoms with Gasteiger partial charge in [-0.2, -0.15) is 0 Å². The van der Waals surface area contributed by atoms with Crippen molar-refractivity contribution in [3.05, 3.63) is 29.3 Å². The molecular weight excluding hydrogens is 264 g/mol. The Bertz CT molecular complexity index is 515. The smallest absolute Gasteiger partial charge is 0.145 e. The lowest BCUT2D eigenvalue weighted by Gasteiger charge is -2.40. The summed E-state index contributed by atoms with van der Waals surface area (Å²) in [6.07, 6.45) is 2.52. The Labute approximate surface area is 126 Å². The maximum atomic E-state index is 6.14. The SMILES string of the molecule is CCC1=NOC(CN2CC(Oc3c(C)cccc3C)C2)C1. The quantitative estimate of drug-likeness (QED) is 0.835. The van der Waals surface area contributed by atoms with Gasteiger partial charge in [0, 0.05) is 26.1 Å². The predicted molar refractivity (Wildman–Crippen MR) is 84.0 cm³/mol. The van der Waals surface area contributed by atoms with Crippen molar-refractivity contribution in [3.63, 3.8) is 0 Å². The van der Waals surface area contributed by atoms with Crippen molar-refractivity contribution in [1.29, 1.82) is 0 Å². The van der Waals surface area contributed by atoms with E-state index in [0.717, 1.165) is 38.2 Å². The molecule has 0 N–H and O–H groups in total. The van der Waals surface area contributed by atoms with Crippen LogP contribution < -0.4 is 4.74 Å². The van der Waals surface area contributed by atoms with E-state index >= 15 is 0 Å². The molecule has 0 aliphatic carbocycles. The Hall–Kier alpha value is -1.55. The fraction of sp³-hybridized carbons (Fsp3) is 0.588. The van der Waals surface area contributed by atoms with Crippen LogP contribution in [-0.4, -0.2) is 42.5 Å². The lowest BCUT2D eigenvalue weighted by Crippen LogP contribution is -2.55. The minimum atomic E-state index is 0.237. The molecule has 2 aliphatic heterocycles. The van der Waals surface area contributed by atoms with Crippen molar-refractivity contribution < 1.29 is 9.57 Å². The molecule has 1 atom stereocenters. The summed E-state index contributed by atoms with van der Waals surface area (Å²) in [7, 11) is 0. The molecule has 21 heavy (non-hydrogen) atoms. The highest BCUT2D eigenvalue weighted by Crippen LogP contribution is 2.26. The molecule has 0 amide bonds. The molecule has 1 aromatic rings. The van der Waals surface area contributed by atoms with E-state index in [1.165, 1.54) is 16.8 Å². The number of oxime groups is 1. The molecule has 0 saturated carbocycles. The number of para-hydroxylation sites is 1. The third kappa shape index (κ3) is 3.21. The molecule has 0 spiro atoms. The van der Waals surface area contributed by atoms with Crippen LogP contribution >= 0.6 is 0 Å². The van der Waals surface area contributed by atoms with Gasteiger partial charge in [0.15, 0.2) is 0 Å². The highest BCUT2D eigenvalue weighted by molar-refractivity contribution is 5.85. The zero-order valence-corrected chi connectivity index (χ0v) is 13.1. The normalized spacial score (nSPS) is 22.6. The summed E-state index contributed by atoms with van der Waals surface area (Å²) in [5, 5.41) is 4.12. The molecule has 3 rings (SSSR count). The van der Waals surface area contributed by atoms with Crippen LogP contribution in [0.2, 0.25) is 0 Å². The second-order valence-electron chi connectivity index (χ2n) is 6.12. The van der Waals surface area contributed by atoms with Crippen molar-refractivity contribution >= 4 is 5.71 Å². The molecule has 4 heteroatoms. The van der Waals surface area contributed by atoms with Gasteiger partial charge in [-0.1, -0.05) is 30.3 Å². The molecule has 1 fully saturated rings.